The van der Waals surface area contributed by atoms with E-state index in [4.69, 9.17) is 4.74 Å². The third-order valence-electron chi connectivity index (χ3n) is 4.60. The number of benzene rings is 3. The number of methoxy groups -OCH3 is 1. The largest absolute Gasteiger partial charge is 0.497 e. The second-order valence-electron chi connectivity index (χ2n) is 6.26. The minimum atomic E-state index is -0.564. The molecule has 5 heteroatoms. The van der Waals surface area contributed by atoms with Crippen LogP contribution in [0.25, 0.3) is 10.8 Å². The van der Waals surface area contributed by atoms with Crippen molar-refractivity contribution in [1.82, 2.24) is 5.32 Å². The highest BCUT2D eigenvalue weighted by Crippen LogP contribution is 2.24. The van der Waals surface area contributed by atoms with Gasteiger partial charge in [0.1, 0.15) is 11.8 Å². The lowest BCUT2D eigenvalue weighted by Gasteiger charge is -2.13. The molecule has 0 bridgehead atoms. The predicted octanol–water partition coefficient (Wildman–Crippen LogP) is 3.52. The van der Waals surface area contributed by atoms with Crippen LogP contribution in [0.4, 0.5) is 10.5 Å². The Kier molecular flexibility index (Phi) is 4.05. The van der Waals surface area contributed by atoms with Crippen LogP contribution in [0, 0.1) is 0 Å². The molecule has 26 heavy (non-hydrogen) atoms. The van der Waals surface area contributed by atoms with Gasteiger partial charge in [-0.2, -0.15) is 0 Å². The van der Waals surface area contributed by atoms with Gasteiger partial charge in [-0.05, 0) is 40.6 Å². The summed E-state index contributed by atoms with van der Waals surface area (Å²) in [7, 11) is 1.57. The number of urea groups is 1. The highest BCUT2D eigenvalue weighted by molar-refractivity contribution is 6.21. The molecule has 3 amide bonds. The van der Waals surface area contributed by atoms with Gasteiger partial charge in [0.25, 0.3) is 5.91 Å². The number of nitrogens with one attached hydrogen (secondary N) is 1. The molecule has 1 aliphatic rings. The van der Waals surface area contributed by atoms with E-state index in [1.807, 2.05) is 36.4 Å². The molecule has 1 N–H and O–H groups in total. The van der Waals surface area contributed by atoms with Crippen LogP contribution in [0.15, 0.2) is 66.7 Å². The third kappa shape index (κ3) is 2.88. The van der Waals surface area contributed by atoms with Crippen LogP contribution in [0.2, 0.25) is 0 Å². The van der Waals surface area contributed by atoms with Gasteiger partial charge in [-0.25, -0.2) is 9.69 Å². The standard InChI is InChI=1S/C21H18N2O3/c1-26-18-10-8-17(9-11-18)23-20(24)19(22-21(23)25)13-14-6-7-15-4-2-3-5-16(15)12-14/h2-12,19H,13H2,1H3,(H,22,25). The molecular formula is C21H18N2O3. The third-order valence-corrected chi connectivity index (χ3v) is 4.60. The van der Waals surface area contributed by atoms with Crippen LogP contribution < -0.4 is 15.0 Å². The smallest absolute Gasteiger partial charge is 0.329 e. The summed E-state index contributed by atoms with van der Waals surface area (Å²) in [6.07, 6.45) is 0.460. The molecule has 1 fully saturated rings. The summed E-state index contributed by atoms with van der Waals surface area (Å²) in [5, 5.41) is 5.05. The zero-order valence-electron chi connectivity index (χ0n) is 14.3. The van der Waals surface area contributed by atoms with Crippen LogP contribution in [0.3, 0.4) is 0 Å². The van der Waals surface area contributed by atoms with Crippen molar-refractivity contribution in [3.63, 3.8) is 0 Å². The topological polar surface area (TPSA) is 58.6 Å². The van der Waals surface area contributed by atoms with Crippen molar-refractivity contribution < 1.29 is 14.3 Å². The maximum absolute atomic E-state index is 12.8. The van der Waals surface area contributed by atoms with Crippen molar-refractivity contribution in [2.45, 2.75) is 12.5 Å². The highest BCUT2D eigenvalue weighted by atomic mass is 16.5. The average Bonchev–Trinajstić information content (AvgIpc) is 2.95. The number of amides is 3. The van der Waals surface area contributed by atoms with Crippen molar-refractivity contribution in [2.24, 2.45) is 0 Å². The lowest BCUT2D eigenvalue weighted by molar-refractivity contribution is -0.118. The molecule has 0 aliphatic carbocycles. The lowest BCUT2D eigenvalue weighted by Crippen LogP contribution is -2.32. The Morgan fingerprint density at radius 3 is 2.42 bits per heavy atom. The average molecular weight is 346 g/mol. The lowest BCUT2D eigenvalue weighted by atomic mass is 10.0. The van der Waals surface area contributed by atoms with E-state index in [-0.39, 0.29) is 5.91 Å². The van der Waals surface area contributed by atoms with E-state index in [1.54, 1.807) is 31.4 Å². The molecule has 1 saturated heterocycles. The van der Waals surface area contributed by atoms with Gasteiger partial charge in [0.05, 0.1) is 12.8 Å². The molecule has 4 rings (SSSR count). The van der Waals surface area contributed by atoms with Gasteiger partial charge in [0.2, 0.25) is 0 Å². The number of carbonyl (C=O) groups is 2. The molecule has 1 heterocycles. The van der Waals surface area contributed by atoms with Crippen molar-refractivity contribution in [3.8, 4) is 5.75 Å². The molecule has 1 unspecified atom stereocenters. The summed E-state index contributed by atoms with van der Waals surface area (Å²) in [6, 6.07) is 20.1. The zero-order valence-corrected chi connectivity index (χ0v) is 14.3. The van der Waals surface area contributed by atoms with E-state index < -0.39 is 12.1 Å². The van der Waals surface area contributed by atoms with Crippen molar-refractivity contribution in [1.29, 1.82) is 0 Å². The summed E-state index contributed by atoms with van der Waals surface area (Å²) >= 11 is 0. The van der Waals surface area contributed by atoms with E-state index in [0.717, 1.165) is 16.3 Å². The zero-order chi connectivity index (χ0) is 18.1. The number of nitrogens with zero attached hydrogens (tertiary/aromatic N) is 1. The summed E-state index contributed by atoms with van der Waals surface area (Å²) in [6.45, 7) is 0. The molecule has 0 aromatic heterocycles. The Bertz CT molecular complexity index is 982. The van der Waals surface area contributed by atoms with Crippen molar-refractivity contribution in [3.05, 3.63) is 72.3 Å². The first kappa shape index (κ1) is 16.1. The van der Waals surface area contributed by atoms with Gasteiger partial charge >= 0.3 is 6.03 Å². The number of hydrogen-bond acceptors (Lipinski definition) is 3. The fourth-order valence-corrected chi connectivity index (χ4v) is 3.25. The molecule has 1 atom stereocenters. The summed E-state index contributed by atoms with van der Waals surface area (Å²) in [4.78, 5) is 26.3. The number of rotatable bonds is 4. The Morgan fingerprint density at radius 1 is 0.962 bits per heavy atom. The van der Waals surface area contributed by atoms with Crippen LogP contribution in [0.1, 0.15) is 5.56 Å². The van der Waals surface area contributed by atoms with Crippen LogP contribution in [-0.4, -0.2) is 25.1 Å². The van der Waals surface area contributed by atoms with Crippen molar-refractivity contribution in [2.75, 3.05) is 12.0 Å². The first-order chi connectivity index (χ1) is 12.7. The quantitative estimate of drug-likeness (QED) is 0.736. The van der Waals surface area contributed by atoms with Gasteiger partial charge in [0, 0.05) is 6.42 Å². The molecule has 1 aliphatic heterocycles. The molecule has 0 radical (unpaired) electrons. The molecule has 130 valence electrons. The first-order valence-corrected chi connectivity index (χ1v) is 8.42. The SMILES string of the molecule is COc1ccc(N2C(=O)NC(Cc3ccc4ccccc4c3)C2=O)cc1. The Morgan fingerprint density at radius 2 is 1.69 bits per heavy atom. The maximum atomic E-state index is 12.8. The number of anilines is 1. The van der Waals surface area contributed by atoms with Gasteiger partial charge in [-0.3, -0.25) is 4.79 Å². The normalized spacial score (nSPS) is 16.8. The van der Waals surface area contributed by atoms with E-state index in [9.17, 15) is 9.59 Å². The fourth-order valence-electron chi connectivity index (χ4n) is 3.25. The monoisotopic (exact) mass is 346 g/mol. The van der Waals surface area contributed by atoms with E-state index in [0.29, 0.717) is 17.9 Å². The van der Waals surface area contributed by atoms with E-state index in [1.165, 1.54) is 4.90 Å². The Labute approximate surface area is 151 Å². The van der Waals surface area contributed by atoms with Crippen LogP contribution >= 0.6 is 0 Å². The summed E-state index contributed by atoms with van der Waals surface area (Å²) < 4.78 is 5.12. The van der Waals surface area contributed by atoms with Crippen LogP contribution in [-0.2, 0) is 11.2 Å². The minimum absolute atomic E-state index is 0.242. The summed E-state index contributed by atoms with van der Waals surface area (Å²) in [5.74, 6) is 0.432. The van der Waals surface area contributed by atoms with Crippen molar-refractivity contribution >= 4 is 28.4 Å². The molecule has 3 aromatic carbocycles. The molecule has 3 aromatic rings. The van der Waals surface area contributed by atoms with Crippen LogP contribution in [0.5, 0.6) is 5.75 Å². The number of imide groups is 1. The Hall–Kier alpha value is -3.34. The molecule has 0 saturated carbocycles. The maximum Gasteiger partial charge on any atom is 0.329 e. The number of carbonyl (C=O) groups excluding carboxylic acids is 2. The Balaban J connectivity index is 1.55. The van der Waals surface area contributed by atoms with E-state index in [2.05, 4.69) is 11.4 Å². The number of hydrogen-bond donors (Lipinski definition) is 1. The van der Waals surface area contributed by atoms with Gasteiger partial charge in [-0.1, -0.05) is 42.5 Å². The van der Waals surface area contributed by atoms with E-state index >= 15 is 0 Å². The number of fused-ring (bicyclic) bond motifs is 1. The molecule has 0 spiro atoms. The summed E-state index contributed by atoms with van der Waals surface area (Å²) in [5.41, 5.74) is 1.55. The second kappa shape index (κ2) is 6.52. The molecular weight excluding hydrogens is 328 g/mol. The predicted molar refractivity (Wildman–Crippen MR) is 100 cm³/mol. The number of ether oxygens (including phenoxy) is 1. The first-order valence-electron chi connectivity index (χ1n) is 8.42. The molecule has 5 nitrogen and oxygen atoms in total. The second-order valence-corrected chi connectivity index (χ2v) is 6.26. The highest BCUT2D eigenvalue weighted by Gasteiger charge is 2.38. The van der Waals surface area contributed by atoms with Gasteiger partial charge in [0.15, 0.2) is 0 Å². The minimum Gasteiger partial charge on any atom is -0.497 e. The van der Waals surface area contributed by atoms with Gasteiger partial charge < -0.3 is 10.1 Å². The van der Waals surface area contributed by atoms with Gasteiger partial charge in [-0.15, -0.1) is 0 Å². The fraction of sp³-hybridized carbons (Fsp3) is 0.143.